The maximum atomic E-state index is 12.4. The van der Waals surface area contributed by atoms with Gasteiger partial charge < -0.3 is 5.32 Å². The van der Waals surface area contributed by atoms with Gasteiger partial charge in [-0.15, -0.1) is 28.1 Å². The number of hydrogen-bond donors (Lipinski definition) is 1. The van der Waals surface area contributed by atoms with Crippen LogP contribution in [0.5, 0.6) is 0 Å². The number of nitrogens with one attached hydrogen (secondary N) is 1. The van der Waals surface area contributed by atoms with Crippen molar-refractivity contribution >= 4 is 34.7 Å². The quantitative estimate of drug-likeness (QED) is 0.427. The first-order chi connectivity index (χ1) is 13.4. The molecule has 1 N–H and O–H groups in total. The summed E-state index contributed by atoms with van der Waals surface area (Å²) in [6, 6.07) is 12.0. The maximum Gasteiger partial charge on any atom is 0.234 e. The molecular weight excluding hydrogens is 388 g/mol. The molecule has 7 heteroatoms. The number of allylic oxidation sites excluding steroid dienone is 1. The van der Waals surface area contributed by atoms with Gasteiger partial charge in [-0.2, -0.15) is 0 Å². The van der Waals surface area contributed by atoms with Gasteiger partial charge in [0.25, 0.3) is 0 Å². The van der Waals surface area contributed by atoms with Crippen molar-refractivity contribution in [3.63, 3.8) is 0 Å². The first-order valence-corrected chi connectivity index (χ1v) is 10.9. The van der Waals surface area contributed by atoms with E-state index in [4.69, 9.17) is 0 Å². The third-order valence-electron chi connectivity index (χ3n) is 4.14. The highest BCUT2D eigenvalue weighted by atomic mass is 32.2. The minimum Gasteiger partial charge on any atom is -0.325 e. The number of rotatable bonds is 7. The fraction of sp³-hybridized carbons (Fsp3) is 0.286. The van der Waals surface area contributed by atoms with E-state index in [9.17, 15) is 4.79 Å². The summed E-state index contributed by atoms with van der Waals surface area (Å²) in [4.78, 5) is 13.4. The lowest BCUT2D eigenvalue weighted by Gasteiger charge is -2.19. The molecule has 0 atom stereocenters. The Morgan fingerprint density at radius 2 is 2.00 bits per heavy atom. The van der Waals surface area contributed by atoms with Crippen molar-refractivity contribution in [3.8, 4) is 10.7 Å². The molecule has 0 spiro atoms. The Kier molecular flexibility index (Phi) is 6.36. The Balaban J connectivity index is 1.64. The summed E-state index contributed by atoms with van der Waals surface area (Å²) in [7, 11) is 0. The SMILES string of the molecule is C=CCn1c(SCC(=O)Nc2ccc(C(C)(C)C)cc2)nnc1-c1cccs1. The Morgan fingerprint density at radius 3 is 2.61 bits per heavy atom. The van der Waals surface area contributed by atoms with Crippen LogP contribution in [-0.2, 0) is 16.8 Å². The van der Waals surface area contributed by atoms with Crippen molar-refractivity contribution in [2.75, 3.05) is 11.1 Å². The van der Waals surface area contributed by atoms with Crippen molar-refractivity contribution in [1.82, 2.24) is 14.8 Å². The molecule has 2 aromatic heterocycles. The van der Waals surface area contributed by atoms with Crippen LogP contribution in [0.15, 0.2) is 59.6 Å². The molecule has 0 radical (unpaired) electrons. The van der Waals surface area contributed by atoms with Crippen molar-refractivity contribution in [2.45, 2.75) is 37.9 Å². The summed E-state index contributed by atoms with van der Waals surface area (Å²) in [6.07, 6.45) is 1.81. The van der Waals surface area contributed by atoms with Crippen LogP contribution in [0.2, 0.25) is 0 Å². The van der Waals surface area contributed by atoms with Gasteiger partial charge in [-0.05, 0) is 34.6 Å². The summed E-state index contributed by atoms with van der Waals surface area (Å²) < 4.78 is 1.98. The molecule has 0 aliphatic heterocycles. The number of anilines is 1. The van der Waals surface area contributed by atoms with Crippen LogP contribution in [0.3, 0.4) is 0 Å². The monoisotopic (exact) mass is 412 g/mol. The predicted octanol–water partition coefficient (Wildman–Crippen LogP) is 5.22. The lowest BCUT2D eigenvalue weighted by molar-refractivity contribution is -0.113. The molecule has 0 fully saturated rings. The van der Waals surface area contributed by atoms with E-state index in [0.717, 1.165) is 16.4 Å². The Morgan fingerprint density at radius 1 is 1.25 bits per heavy atom. The van der Waals surface area contributed by atoms with Gasteiger partial charge in [0.05, 0.1) is 10.6 Å². The van der Waals surface area contributed by atoms with Crippen LogP contribution in [0.25, 0.3) is 10.7 Å². The third-order valence-corrected chi connectivity index (χ3v) is 5.97. The second-order valence-electron chi connectivity index (χ2n) is 7.35. The van der Waals surface area contributed by atoms with Crippen LogP contribution < -0.4 is 5.32 Å². The average molecular weight is 413 g/mol. The molecule has 5 nitrogen and oxygen atoms in total. The van der Waals surface area contributed by atoms with E-state index >= 15 is 0 Å². The number of thiophene rings is 1. The Bertz CT molecular complexity index is 938. The molecule has 0 saturated heterocycles. The van der Waals surface area contributed by atoms with Crippen LogP contribution in [0.1, 0.15) is 26.3 Å². The Hall–Kier alpha value is -2.38. The summed E-state index contributed by atoms with van der Waals surface area (Å²) in [5.41, 5.74) is 2.12. The standard InChI is InChI=1S/C21H24N4OS2/c1-5-12-25-19(17-7-6-13-27-17)23-24-20(25)28-14-18(26)22-16-10-8-15(9-11-16)21(2,3)4/h5-11,13H,1,12,14H2,2-4H3,(H,22,26). The van der Waals surface area contributed by atoms with Gasteiger partial charge in [0.1, 0.15) is 0 Å². The smallest absolute Gasteiger partial charge is 0.234 e. The van der Waals surface area contributed by atoms with Gasteiger partial charge >= 0.3 is 0 Å². The molecule has 1 amide bonds. The van der Waals surface area contributed by atoms with Crippen molar-refractivity contribution < 1.29 is 4.79 Å². The van der Waals surface area contributed by atoms with Gasteiger partial charge in [-0.25, -0.2) is 0 Å². The van der Waals surface area contributed by atoms with E-state index in [-0.39, 0.29) is 17.1 Å². The van der Waals surface area contributed by atoms with Gasteiger partial charge in [0.2, 0.25) is 5.91 Å². The van der Waals surface area contributed by atoms with Gasteiger partial charge in [0, 0.05) is 12.2 Å². The molecule has 28 heavy (non-hydrogen) atoms. The molecule has 0 aliphatic rings. The second kappa shape index (κ2) is 8.75. The first kappa shape index (κ1) is 20.4. The topological polar surface area (TPSA) is 59.8 Å². The number of amides is 1. The zero-order valence-corrected chi connectivity index (χ0v) is 17.9. The highest BCUT2D eigenvalue weighted by Gasteiger charge is 2.16. The second-order valence-corrected chi connectivity index (χ2v) is 9.24. The highest BCUT2D eigenvalue weighted by molar-refractivity contribution is 7.99. The molecule has 3 aromatic rings. The zero-order valence-electron chi connectivity index (χ0n) is 16.3. The third kappa shape index (κ3) is 4.91. The summed E-state index contributed by atoms with van der Waals surface area (Å²) in [5, 5.41) is 14.2. The molecule has 0 saturated carbocycles. The largest absolute Gasteiger partial charge is 0.325 e. The van der Waals surface area contributed by atoms with Gasteiger partial charge in [-0.3, -0.25) is 9.36 Å². The molecule has 1 aromatic carbocycles. The molecule has 0 aliphatic carbocycles. The number of benzene rings is 1. The number of carbonyl (C=O) groups is 1. The fourth-order valence-corrected chi connectivity index (χ4v) is 4.12. The number of hydrogen-bond acceptors (Lipinski definition) is 5. The lowest BCUT2D eigenvalue weighted by Crippen LogP contribution is -2.15. The molecule has 0 bridgehead atoms. The van der Waals surface area contributed by atoms with Crippen molar-refractivity contribution in [3.05, 3.63) is 60.0 Å². The van der Waals surface area contributed by atoms with Crippen molar-refractivity contribution in [2.24, 2.45) is 0 Å². The highest BCUT2D eigenvalue weighted by Crippen LogP contribution is 2.27. The lowest BCUT2D eigenvalue weighted by atomic mass is 9.87. The van der Waals surface area contributed by atoms with Gasteiger partial charge in [0.15, 0.2) is 11.0 Å². The molecule has 146 valence electrons. The van der Waals surface area contributed by atoms with E-state index < -0.39 is 0 Å². The zero-order chi connectivity index (χ0) is 20.1. The van der Waals surface area contributed by atoms with E-state index in [1.165, 1.54) is 17.3 Å². The average Bonchev–Trinajstić information content (AvgIpc) is 3.30. The minimum absolute atomic E-state index is 0.0701. The van der Waals surface area contributed by atoms with E-state index in [1.54, 1.807) is 17.4 Å². The number of nitrogens with zero attached hydrogens (tertiary/aromatic N) is 3. The van der Waals surface area contributed by atoms with Gasteiger partial charge in [-0.1, -0.05) is 56.8 Å². The number of thioether (sulfide) groups is 1. The molecule has 0 unspecified atom stereocenters. The van der Waals surface area contributed by atoms with Crippen LogP contribution in [0, 0.1) is 0 Å². The fourth-order valence-electron chi connectivity index (χ4n) is 2.66. The van der Waals surface area contributed by atoms with Crippen LogP contribution in [-0.4, -0.2) is 26.4 Å². The number of carbonyl (C=O) groups excluding carboxylic acids is 1. The molecule has 2 heterocycles. The number of aromatic nitrogens is 3. The predicted molar refractivity (Wildman–Crippen MR) is 118 cm³/mol. The summed E-state index contributed by atoms with van der Waals surface area (Å²) >= 11 is 2.99. The first-order valence-electron chi connectivity index (χ1n) is 8.99. The van der Waals surface area contributed by atoms with Crippen LogP contribution >= 0.6 is 23.1 Å². The summed E-state index contributed by atoms with van der Waals surface area (Å²) in [6.45, 7) is 10.9. The Labute approximate surface area is 173 Å². The molecular formula is C21H24N4OS2. The van der Waals surface area contributed by atoms with Crippen molar-refractivity contribution in [1.29, 1.82) is 0 Å². The minimum atomic E-state index is -0.0701. The van der Waals surface area contributed by atoms with E-state index in [2.05, 4.69) is 55.0 Å². The maximum absolute atomic E-state index is 12.4. The van der Waals surface area contributed by atoms with Crippen LogP contribution in [0.4, 0.5) is 5.69 Å². The van der Waals surface area contributed by atoms with E-state index in [0.29, 0.717) is 11.7 Å². The molecule has 3 rings (SSSR count). The summed E-state index contributed by atoms with van der Waals surface area (Å²) in [5.74, 6) is 0.996. The normalized spacial score (nSPS) is 11.4. The van der Waals surface area contributed by atoms with E-state index in [1.807, 2.05) is 34.2 Å².